The SMILES string of the molecule is CNC1CCC([C@H]2C[C@@]3(C)C(CCC3(OC(C)=O)C(C)=O)C3CCC4=CC(=O)CCC4=C32)CC1. The average Bonchev–Trinajstić information content (AvgIpc) is 3.10. The van der Waals surface area contributed by atoms with Gasteiger partial charge in [0.05, 0.1) is 0 Å². The maximum absolute atomic E-state index is 13.2. The topological polar surface area (TPSA) is 72.5 Å². The molecule has 0 spiro atoms. The number of hydrogen-bond acceptors (Lipinski definition) is 5. The first-order valence-corrected chi connectivity index (χ1v) is 13.5. The Balaban J connectivity index is 1.61. The van der Waals surface area contributed by atoms with Crippen LogP contribution in [0.5, 0.6) is 0 Å². The van der Waals surface area contributed by atoms with Crippen LogP contribution in [0.15, 0.2) is 22.8 Å². The van der Waals surface area contributed by atoms with Crippen molar-refractivity contribution in [2.75, 3.05) is 7.05 Å². The fraction of sp³-hybridized carbons (Fsp3) is 0.759. The van der Waals surface area contributed by atoms with Crippen LogP contribution < -0.4 is 5.32 Å². The second-order valence-corrected chi connectivity index (χ2v) is 12.0. The number of allylic oxidation sites excluding steroid dienone is 4. The quantitative estimate of drug-likeness (QED) is 0.583. The Labute approximate surface area is 204 Å². The van der Waals surface area contributed by atoms with E-state index in [4.69, 9.17) is 4.74 Å². The normalized spacial score (nSPS) is 41.8. The number of esters is 1. The average molecular weight is 468 g/mol. The summed E-state index contributed by atoms with van der Waals surface area (Å²) in [6, 6.07) is 0.592. The summed E-state index contributed by atoms with van der Waals surface area (Å²) in [7, 11) is 2.06. The maximum Gasteiger partial charge on any atom is 0.303 e. The number of rotatable bonds is 4. The summed E-state index contributed by atoms with van der Waals surface area (Å²) in [5.74, 6) is 1.73. The fourth-order valence-electron chi connectivity index (χ4n) is 9.01. The summed E-state index contributed by atoms with van der Waals surface area (Å²) < 4.78 is 6.03. The molecule has 1 N–H and O–H groups in total. The molecule has 3 unspecified atom stereocenters. The monoisotopic (exact) mass is 467 g/mol. The minimum atomic E-state index is -1.00. The van der Waals surface area contributed by atoms with E-state index in [-0.39, 0.29) is 23.0 Å². The molecule has 5 heteroatoms. The van der Waals surface area contributed by atoms with Crippen LogP contribution in [0.25, 0.3) is 0 Å². The molecular formula is C29H41NO4. The molecule has 3 saturated carbocycles. The first-order valence-electron chi connectivity index (χ1n) is 13.5. The Morgan fingerprint density at radius 2 is 1.74 bits per heavy atom. The number of carbonyl (C=O) groups is 3. The van der Waals surface area contributed by atoms with Crippen LogP contribution in [0.4, 0.5) is 0 Å². The van der Waals surface area contributed by atoms with Crippen molar-refractivity contribution in [3.63, 3.8) is 0 Å². The lowest BCUT2D eigenvalue weighted by Gasteiger charge is -2.56. The molecule has 5 aliphatic carbocycles. The fourth-order valence-corrected chi connectivity index (χ4v) is 9.01. The summed E-state index contributed by atoms with van der Waals surface area (Å²) in [6.07, 6.45) is 12.7. The number of ether oxygens (including phenoxy) is 1. The molecule has 5 nitrogen and oxygen atoms in total. The van der Waals surface area contributed by atoms with Gasteiger partial charge in [0, 0.05) is 24.8 Å². The molecule has 0 amide bonds. The van der Waals surface area contributed by atoms with Crippen LogP contribution in [0.1, 0.15) is 91.4 Å². The smallest absolute Gasteiger partial charge is 0.303 e. The number of ketones is 2. The van der Waals surface area contributed by atoms with Crippen molar-refractivity contribution < 1.29 is 19.1 Å². The summed E-state index contributed by atoms with van der Waals surface area (Å²) in [4.78, 5) is 37.7. The third kappa shape index (κ3) is 3.56. The highest BCUT2D eigenvalue weighted by Crippen LogP contribution is 2.67. The summed E-state index contributed by atoms with van der Waals surface area (Å²) in [5, 5.41) is 3.47. The van der Waals surface area contributed by atoms with Crippen molar-refractivity contribution in [2.24, 2.45) is 29.1 Å². The Kier molecular flexibility index (Phi) is 6.15. The highest BCUT2D eigenvalue weighted by atomic mass is 16.6. The second-order valence-electron chi connectivity index (χ2n) is 12.0. The van der Waals surface area contributed by atoms with Crippen molar-refractivity contribution in [3.8, 4) is 0 Å². The molecule has 0 aromatic rings. The van der Waals surface area contributed by atoms with Gasteiger partial charge in [-0.2, -0.15) is 0 Å². The highest BCUT2D eigenvalue weighted by molar-refractivity contribution is 5.93. The molecule has 186 valence electrons. The van der Waals surface area contributed by atoms with Crippen LogP contribution in [0, 0.1) is 29.1 Å². The lowest BCUT2D eigenvalue weighted by molar-refractivity contribution is -0.184. The third-order valence-electron chi connectivity index (χ3n) is 10.5. The van der Waals surface area contributed by atoms with Crippen molar-refractivity contribution in [2.45, 2.75) is 103 Å². The standard InChI is InChI=1S/C29H41NO4/c1-17(31)29(34-18(2)32)14-13-26-24-11-7-20-15-22(33)10-12-23(20)27(24)25(16-28(26,29)3)19-5-8-21(30-4)9-6-19/h15,19,21,24-26,30H,5-14,16H2,1-4H3/t19?,21?,24?,25-,26?,28+,29?/m1/s1. The molecule has 5 rings (SSSR count). The van der Waals surface area contributed by atoms with Gasteiger partial charge >= 0.3 is 5.97 Å². The zero-order valence-electron chi connectivity index (χ0n) is 21.4. The van der Waals surface area contributed by atoms with Crippen molar-refractivity contribution in [1.29, 1.82) is 0 Å². The Morgan fingerprint density at radius 3 is 2.38 bits per heavy atom. The summed E-state index contributed by atoms with van der Waals surface area (Å²) >= 11 is 0. The third-order valence-corrected chi connectivity index (χ3v) is 10.5. The van der Waals surface area contributed by atoms with Crippen molar-refractivity contribution >= 4 is 17.5 Å². The lowest BCUT2D eigenvalue weighted by atomic mass is 9.49. The van der Waals surface area contributed by atoms with Crippen LogP contribution >= 0.6 is 0 Å². The molecule has 0 aromatic heterocycles. The molecule has 0 aliphatic heterocycles. The van der Waals surface area contributed by atoms with Crippen molar-refractivity contribution in [1.82, 2.24) is 5.32 Å². The molecule has 0 radical (unpaired) electrons. The van der Waals surface area contributed by atoms with E-state index in [9.17, 15) is 14.4 Å². The van der Waals surface area contributed by atoms with E-state index in [2.05, 4.69) is 19.3 Å². The van der Waals surface area contributed by atoms with Gasteiger partial charge in [-0.1, -0.05) is 12.5 Å². The molecular weight excluding hydrogens is 426 g/mol. The van der Waals surface area contributed by atoms with E-state index in [1.54, 1.807) is 12.5 Å². The minimum Gasteiger partial charge on any atom is -0.451 e. The molecule has 3 fully saturated rings. The van der Waals surface area contributed by atoms with E-state index in [0.29, 0.717) is 42.6 Å². The van der Waals surface area contributed by atoms with Gasteiger partial charge in [0.1, 0.15) is 0 Å². The predicted octanol–water partition coefficient (Wildman–Crippen LogP) is 5.09. The minimum absolute atomic E-state index is 0.0149. The molecule has 0 aromatic carbocycles. The predicted molar refractivity (Wildman–Crippen MR) is 131 cm³/mol. The van der Waals surface area contributed by atoms with Gasteiger partial charge in [-0.15, -0.1) is 0 Å². The first-order chi connectivity index (χ1) is 16.2. The van der Waals surface area contributed by atoms with Gasteiger partial charge in [0.25, 0.3) is 0 Å². The largest absolute Gasteiger partial charge is 0.451 e. The van der Waals surface area contributed by atoms with Gasteiger partial charge in [-0.05, 0) is 119 Å². The number of Topliss-reactive ketones (excluding diaryl/α,β-unsaturated/α-hetero) is 1. The molecule has 0 bridgehead atoms. The second kappa shape index (κ2) is 8.72. The molecule has 5 aliphatic rings. The molecule has 0 saturated heterocycles. The van der Waals surface area contributed by atoms with Crippen LogP contribution in [-0.4, -0.2) is 36.2 Å². The van der Waals surface area contributed by atoms with E-state index in [1.165, 1.54) is 43.8 Å². The summed E-state index contributed by atoms with van der Waals surface area (Å²) in [6.45, 7) is 5.34. The number of carbonyl (C=O) groups excluding carboxylic acids is 3. The van der Waals surface area contributed by atoms with Gasteiger partial charge in [0.2, 0.25) is 0 Å². The molecule has 34 heavy (non-hydrogen) atoms. The number of nitrogens with one attached hydrogen (secondary N) is 1. The van der Waals surface area contributed by atoms with Gasteiger partial charge in [-0.25, -0.2) is 0 Å². The van der Waals surface area contributed by atoms with Crippen LogP contribution in [-0.2, 0) is 19.1 Å². The highest BCUT2D eigenvalue weighted by Gasteiger charge is 2.67. The molecule has 5 atom stereocenters. The summed E-state index contributed by atoms with van der Waals surface area (Å²) in [5.41, 5.74) is 3.05. The Morgan fingerprint density at radius 1 is 1.00 bits per heavy atom. The van der Waals surface area contributed by atoms with Gasteiger partial charge in [-0.3, -0.25) is 14.4 Å². The van der Waals surface area contributed by atoms with E-state index in [0.717, 1.165) is 32.1 Å². The Bertz CT molecular complexity index is 955. The van der Waals surface area contributed by atoms with Gasteiger partial charge in [0.15, 0.2) is 17.2 Å². The Hall–Kier alpha value is -1.75. The zero-order chi connectivity index (χ0) is 24.3. The molecule has 0 heterocycles. The first kappa shape index (κ1) is 24.0. The van der Waals surface area contributed by atoms with E-state index < -0.39 is 5.60 Å². The van der Waals surface area contributed by atoms with Crippen molar-refractivity contribution in [3.05, 3.63) is 22.8 Å². The van der Waals surface area contributed by atoms with E-state index in [1.807, 2.05) is 6.08 Å². The number of fused-ring (bicyclic) bond motifs is 4. The van der Waals surface area contributed by atoms with Gasteiger partial charge < -0.3 is 10.1 Å². The number of hydrogen-bond donors (Lipinski definition) is 1. The zero-order valence-corrected chi connectivity index (χ0v) is 21.4. The maximum atomic E-state index is 13.2. The lowest BCUT2D eigenvalue weighted by Crippen LogP contribution is -2.58. The van der Waals surface area contributed by atoms with Crippen LogP contribution in [0.3, 0.4) is 0 Å². The van der Waals surface area contributed by atoms with Crippen LogP contribution in [0.2, 0.25) is 0 Å². The van der Waals surface area contributed by atoms with E-state index >= 15 is 0 Å².